The monoisotopic (exact) mass is 368 g/mol. The van der Waals surface area contributed by atoms with Crippen LogP contribution in [0.1, 0.15) is 31.2 Å². The number of imide groups is 1. The van der Waals surface area contributed by atoms with Gasteiger partial charge in [-0.3, -0.25) is 24.7 Å². The molecule has 0 bridgehead atoms. The van der Waals surface area contributed by atoms with Crippen LogP contribution in [-0.4, -0.2) is 39.5 Å². The number of hydrogen-bond acceptors (Lipinski definition) is 5. The number of nitrogens with one attached hydrogen (secondary N) is 2. The lowest BCUT2D eigenvalue weighted by Crippen LogP contribution is -2.31. The Kier molecular flexibility index (Phi) is 5.77. The second kappa shape index (κ2) is 8.41. The number of aromatic nitrogens is 1. The fraction of sp³-hybridized carbons (Fsp3) is 0.263. The van der Waals surface area contributed by atoms with E-state index in [0.717, 1.165) is 16.5 Å². The smallest absolute Gasteiger partial charge is 0.303 e. The van der Waals surface area contributed by atoms with Crippen LogP contribution in [0.25, 0.3) is 17.0 Å². The third-order valence-electron chi connectivity index (χ3n) is 4.36. The molecule has 0 spiro atoms. The number of rotatable bonds is 7. The van der Waals surface area contributed by atoms with E-state index in [1.165, 1.54) is 4.90 Å². The molecular weight excluding hydrogens is 348 g/mol. The van der Waals surface area contributed by atoms with Gasteiger partial charge in [-0.2, -0.15) is 0 Å². The molecule has 3 rings (SSSR count). The second-order valence-electron chi connectivity index (χ2n) is 6.21. The van der Waals surface area contributed by atoms with E-state index in [1.807, 2.05) is 24.3 Å². The van der Waals surface area contributed by atoms with E-state index in [2.05, 4.69) is 10.3 Å². The minimum atomic E-state index is -0.447. The van der Waals surface area contributed by atoms with Gasteiger partial charge < -0.3 is 5.32 Å². The summed E-state index contributed by atoms with van der Waals surface area (Å²) >= 11 is 0. The molecule has 4 amide bonds. The third-order valence-corrected chi connectivity index (χ3v) is 4.36. The van der Waals surface area contributed by atoms with Gasteiger partial charge in [0, 0.05) is 24.5 Å². The van der Waals surface area contributed by atoms with Gasteiger partial charge in [0.15, 0.2) is 0 Å². The molecule has 0 radical (unpaired) electrons. The molecule has 1 saturated heterocycles. The van der Waals surface area contributed by atoms with E-state index in [0.29, 0.717) is 19.3 Å². The summed E-state index contributed by atoms with van der Waals surface area (Å²) < 4.78 is 0. The summed E-state index contributed by atoms with van der Waals surface area (Å²) in [4.78, 5) is 41.0. The van der Waals surface area contributed by atoms with Gasteiger partial charge in [0.25, 0.3) is 5.91 Å². The third kappa shape index (κ3) is 4.29. The van der Waals surface area contributed by atoms with Gasteiger partial charge in [-0.25, -0.2) is 10.3 Å². The van der Waals surface area contributed by atoms with Gasteiger partial charge in [-0.15, -0.1) is 0 Å². The quantitative estimate of drug-likeness (QED) is 0.228. The molecule has 0 atom stereocenters. The Bertz CT molecular complexity index is 904. The highest BCUT2D eigenvalue weighted by atomic mass is 16.5. The molecule has 0 unspecified atom stereocenters. The highest BCUT2D eigenvalue weighted by Crippen LogP contribution is 2.21. The second-order valence-corrected chi connectivity index (χ2v) is 6.21. The maximum atomic E-state index is 12.5. The van der Waals surface area contributed by atoms with E-state index in [9.17, 15) is 14.4 Å². The van der Waals surface area contributed by atoms with Crippen LogP contribution in [0.5, 0.6) is 0 Å². The summed E-state index contributed by atoms with van der Waals surface area (Å²) in [6.45, 7) is 0.278. The van der Waals surface area contributed by atoms with Crippen LogP contribution in [0.3, 0.4) is 0 Å². The van der Waals surface area contributed by atoms with Crippen LogP contribution < -0.4 is 10.8 Å². The average Bonchev–Trinajstić information content (AvgIpc) is 2.95. The molecule has 1 aromatic heterocycles. The number of amides is 4. The van der Waals surface area contributed by atoms with Crippen molar-refractivity contribution in [1.82, 2.24) is 20.7 Å². The van der Waals surface area contributed by atoms with Crippen molar-refractivity contribution < 1.29 is 19.6 Å². The predicted molar refractivity (Wildman–Crippen MR) is 98.4 cm³/mol. The molecule has 8 nitrogen and oxygen atoms in total. The number of benzene rings is 1. The highest BCUT2D eigenvalue weighted by molar-refractivity contribution is 6.14. The van der Waals surface area contributed by atoms with E-state index in [4.69, 9.17) is 5.21 Å². The topological polar surface area (TPSA) is 112 Å². The van der Waals surface area contributed by atoms with Gasteiger partial charge in [0.05, 0.1) is 5.52 Å². The molecule has 2 aromatic rings. The number of hydroxylamine groups is 1. The molecule has 1 fully saturated rings. The molecule has 1 aromatic carbocycles. The number of carbonyl (C=O) groups excluding carboxylic acids is 3. The average molecular weight is 368 g/mol. The maximum absolute atomic E-state index is 12.5. The van der Waals surface area contributed by atoms with Crippen LogP contribution in [0.4, 0.5) is 4.79 Å². The van der Waals surface area contributed by atoms with Crippen LogP contribution in [0.2, 0.25) is 0 Å². The lowest BCUT2D eigenvalue weighted by atomic mass is 10.1. The van der Waals surface area contributed by atoms with Crippen molar-refractivity contribution >= 4 is 34.8 Å². The van der Waals surface area contributed by atoms with Gasteiger partial charge in [-0.05, 0) is 36.6 Å². The summed E-state index contributed by atoms with van der Waals surface area (Å²) in [5.74, 6) is -0.811. The van der Waals surface area contributed by atoms with Crippen LogP contribution >= 0.6 is 0 Å². The van der Waals surface area contributed by atoms with Crippen molar-refractivity contribution in [3.63, 3.8) is 0 Å². The standard InChI is InChI=1S/C19H20N4O4/c24-17(22-27)8-2-1-5-11-23-18(25)16(21-19(23)26)12-13-9-10-20-15-7-4-3-6-14(13)15/h3-4,6-7,9-10,12,27H,1-2,5,8,11H2,(H,21,26)(H,22,24). The minimum Gasteiger partial charge on any atom is -0.303 e. The van der Waals surface area contributed by atoms with Crippen LogP contribution in [-0.2, 0) is 9.59 Å². The number of unbranched alkanes of at least 4 members (excludes halogenated alkanes) is 2. The molecule has 8 heteroatoms. The molecule has 0 aliphatic carbocycles. The van der Waals surface area contributed by atoms with E-state index in [-0.39, 0.29) is 24.6 Å². The van der Waals surface area contributed by atoms with Crippen molar-refractivity contribution in [2.24, 2.45) is 0 Å². The molecule has 27 heavy (non-hydrogen) atoms. The Hall–Kier alpha value is -3.26. The number of para-hydroxylation sites is 1. The van der Waals surface area contributed by atoms with Gasteiger partial charge >= 0.3 is 6.03 Å². The molecule has 2 heterocycles. The molecule has 3 N–H and O–H groups in total. The van der Waals surface area contributed by atoms with E-state index < -0.39 is 11.9 Å². The highest BCUT2D eigenvalue weighted by Gasteiger charge is 2.32. The van der Waals surface area contributed by atoms with E-state index >= 15 is 0 Å². The zero-order valence-corrected chi connectivity index (χ0v) is 14.6. The van der Waals surface area contributed by atoms with Crippen molar-refractivity contribution in [1.29, 1.82) is 0 Å². The Labute approximate surface area is 155 Å². The Morgan fingerprint density at radius 3 is 2.81 bits per heavy atom. The Morgan fingerprint density at radius 1 is 1.19 bits per heavy atom. The summed E-state index contributed by atoms with van der Waals surface area (Å²) in [6, 6.07) is 8.93. The van der Waals surface area contributed by atoms with Gasteiger partial charge in [-0.1, -0.05) is 24.6 Å². The first-order chi connectivity index (χ1) is 13.1. The first kappa shape index (κ1) is 18.5. The van der Waals surface area contributed by atoms with Crippen molar-refractivity contribution in [2.45, 2.75) is 25.7 Å². The first-order valence-electron chi connectivity index (χ1n) is 8.71. The van der Waals surface area contributed by atoms with Crippen molar-refractivity contribution in [3.8, 4) is 0 Å². The molecular formula is C19H20N4O4. The van der Waals surface area contributed by atoms with Crippen molar-refractivity contribution in [2.75, 3.05) is 6.54 Å². The van der Waals surface area contributed by atoms with Gasteiger partial charge in [0.2, 0.25) is 5.91 Å². The largest absolute Gasteiger partial charge is 0.329 e. The summed E-state index contributed by atoms with van der Waals surface area (Å²) in [5.41, 5.74) is 3.42. The lowest BCUT2D eigenvalue weighted by molar-refractivity contribution is -0.129. The number of pyridine rings is 1. The number of carbonyl (C=O) groups is 3. The predicted octanol–water partition coefficient (Wildman–Crippen LogP) is 2.19. The van der Waals surface area contributed by atoms with Gasteiger partial charge in [0.1, 0.15) is 5.70 Å². The zero-order valence-electron chi connectivity index (χ0n) is 14.6. The molecule has 0 saturated carbocycles. The number of urea groups is 1. The summed E-state index contributed by atoms with van der Waals surface area (Å²) in [7, 11) is 0. The number of fused-ring (bicyclic) bond motifs is 1. The van der Waals surface area contributed by atoms with Crippen LogP contribution in [0.15, 0.2) is 42.2 Å². The number of nitrogens with zero attached hydrogens (tertiary/aromatic N) is 2. The normalized spacial score (nSPS) is 15.4. The molecule has 1 aliphatic heterocycles. The number of hydrogen-bond donors (Lipinski definition) is 3. The summed E-state index contributed by atoms with van der Waals surface area (Å²) in [6.07, 6.45) is 5.35. The molecule has 1 aliphatic rings. The Balaban J connectivity index is 1.65. The fourth-order valence-electron chi connectivity index (χ4n) is 2.96. The fourth-order valence-corrected chi connectivity index (χ4v) is 2.96. The maximum Gasteiger partial charge on any atom is 0.329 e. The van der Waals surface area contributed by atoms with Crippen LogP contribution in [0, 0.1) is 0 Å². The van der Waals surface area contributed by atoms with Crippen molar-refractivity contribution in [3.05, 3.63) is 47.8 Å². The van der Waals surface area contributed by atoms with E-state index in [1.54, 1.807) is 23.8 Å². The first-order valence-corrected chi connectivity index (χ1v) is 8.71. The minimum absolute atomic E-state index is 0.205. The SMILES string of the molecule is O=C(CCCCCN1C(=O)NC(=Cc2ccnc3ccccc23)C1=O)NO. The molecule has 140 valence electrons. The zero-order chi connectivity index (χ0) is 19.2. The Morgan fingerprint density at radius 2 is 2.00 bits per heavy atom. The lowest BCUT2D eigenvalue weighted by Gasteiger charge is -2.11. The summed E-state index contributed by atoms with van der Waals surface area (Å²) in [5, 5.41) is 11.9.